The number of benzene rings is 1. The molecule has 0 fully saturated rings. The van der Waals surface area contributed by atoms with Crippen molar-refractivity contribution in [1.82, 2.24) is 4.90 Å². The molecule has 1 atom stereocenters. The summed E-state index contributed by atoms with van der Waals surface area (Å²) < 4.78 is 0. The summed E-state index contributed by atoms with van der Waals surface area (Å²) in [5, 5.41) is 10.5. The van der Waals surface area contributed by atoms with E-state index in [4.69, 9.17) is 0 Å². The maximum absolute atomic E-state index is 10.5. The van der Waals surface area contributed by atoms with Crippen molar-refractivity contribution in [2.45, 2.75) is 6.04 Å². The van der Waals surface area contributed by atoms with E-state index < -0.39 is 4.92 Å². The van der Waals surface area contributed by atoms with Crippen LogP contribution in [0.15, 0.2) is 24.3 Å². The zero-order valence-electron chi connectivity index (χ0n) is 8.30. The van der Waals surface area contributed by atoms with E-state index >= 15 is 0 Å². The van der Waals surface area contributed by atoms with E-state index in [9.17, 15) is 10.1 Å². The minimum atomic E-state index is -0.397. The molecule has 14 heavy (non-hydrogen) atoms. The average Bonchev–Trinajstić information content (AvgIpc) is 2.16. The number of hydrogen-bond acceptors (Lipinski definition) is 3. The second-order valence-corrected chi connectivity index (χ2v) is 3.33. The van der Waals surface area contributed by atoms with E-state index in [0.717, 1.165) is 5.56 Å². The quantitative estimate of drug-likeness (QED) is 0.545. The van der Waals surface area contributed by atoms with E-state index in [1.54, 1.807) is 12.1 Å². The van der Waals surface area contributed by atoms with Crippen LogP contribution in [0.5, 0.6) is 0 Å². The Morgan fingerprint density at radius 2 is 2.14 bits per heavy atom. The first-order valence-electron chi connectivity index (χ1n) is 4.26. The number of non-ortho nitro benzene ring substituents is 1. The van der Waals surface area contributed by atoms with Crippen molar-refractivity contribution >= 4 is 5.69 Å². The number of nitro benzene ring substituents is 1. The average molecular weight is 193 g/mol. The smallest absolute Gasteiger partial charge is 0.269 e. The van der Waals surface area contributed by atoms with E-state index in [0.29, 0.717) is 0 Å². The number of rotatable bonds is 3. The van der Waals surface area contributed by atoms with Crippen LogP contribution < -0.4 is 0 Å². The lowest BCUT2D eigenvalue weighted by molar-refractivity contribution is -0.384. The Morgan fingerprint density at radius 1 is 1.50 bits per heavy atom. The first kappa shape index (κ1) is 10.7. The van der Waals surface area contributed by atoms with Crippen molar-refractivity contribution in [3.63, 3.8) is 0 Å². The van der Waals surface area contributed by atoms with Crippen molar-refractivity contribution < 1.29 is 4.92 Å². The monoisotopic (exact) mass is 193 g/mol. The highest BCUT2D eigenvalue weighted by Gasteiger charge is 2.11. The molecule has 1 rings (SSSR count). The van der Waals surface area contributed by atoms with Gasteiger partial charge in [-0.05, 0) is 26.6 Å². The van der Waals surface area contributed by atoms with Gasteiger partial charge in [-0.15, -0.1) is 0 Å². The van der Waals surface area contributed by atoms with Crippen molar-refractivity contribution in [2.75, 3.05) is 14.1 Å². The third-order valence-corrected chi connectivity index (χ3v) is 2.09. The van der Waals surface area contributed by atoms with Crippen LogP contribution in [0.25, 0.3) is 0 Å². The fourth-order valence-corrected chi connectivity index (χ4v) is 1.14. The van der Waals surface area contributed by atoms with Gasteiger partial charge in [0.1, 0.15) is 0 Å². The lowest BCUT2D eigenvalue weighted by Crippen LogP contribution is -2.16. The zero-order chi connectivity index (χ0) is 10.7. The van der Waals surface area contributed by atoms with Gasteiger partial charge in [0.2, 0.25) is 0 Å². The number of hydrogen-bond donors (Lipinski definition) is 0. The molecule has 1 aromatic carbocycles. The van der Waals surface area contributed by atoms with Crippen LogP contribution in [0.3, 0.4) is 0 Å². The molecule has 0 aliphatic carbocycles. The van der Waals surface area contributed by atoms with Crippen LogP contribution in [0.2, 0.25) is 0 Å². The molecule has 0 aromatic heterocycles. The summed E-state index contributed by atoms with van der Waals surface area (Å²) in [6.45, 7) is 3.91. The minimum Gasteiger partial charge on any atom is -0.302 e. The molecule has 1 aromatic rings. The maximum atomic E-state index is 10.5. The Morgan fingerprint density at radius 3 is 2.64 bits per heavy atom. The topological polar surface area (TPSA) is 46.4 Å². The van der Waals surface area contributed by atoms with Gasteiger partial charge in [0, 0.05) is 18.2 Å². The highest BCUT2D eigenvalue weighted by atomic mass is 16.6. The standard InChI is InChI=1S/C10H13N2O2/c1-8(11(2)3)9-5-4-6-10(7-9)12(13)14/h4-8H,1H2,2-3H3. The van der Waals surface area contributed by atoms with Gasteiger partial charge in [-0.25, -0.2) is 0 Å². The molecule has 0 heterocycles. The van der Waals surface area contributed by atoms with E-state index in [1.165, 1.54) is 6.07 Å². The van der Waals surface area contributed by atoms with Gasteiger partial charge in [0.25, 0.3) is 5.69 Å². The minimum absolute atomic E-state index is 0.0603. The molecule has 4 nitrogen and oxygen atoms in total. The summed E-state index contributed by atoms with van der Waals surface area (Å²) in [4.78, 5) is 12.0. The van der Waals surface area contributed by atoms with Gasteiger partial charge in [0.15, 0.2) is 0 Å². The SMILES string of the molecule is [CH2]C(c1cccc([N+](=O)[O-])c1)N(C)C. The molecule has 0 spiro atoms. The second kappa shape index (κ2) is 4.19. The highest BCUT2D eigenvalue weighted by molar-refractivity contribution is 5.36. The van der Waals surface area contributed by atoms with E-state index in [2.05, 4.69) is 6.92 Å². The Kier molecular flexibility index (Phi) is 3.19. The Labute approximate surface area is 83.3 Å². The molecule has 0 saturated carbocycles. The Balaban J connectivity index is 2.99. The molecular weight excluding hydrogens is 180 g/mol. The van der Waals surface area contributed by atoms with Gasteiger partial charge >= 0.3 is 0 Å². The predicted octanol–water partition coefficient (Wildman–Crippen LogP) is 2.03. The third kappa shape index (κ3) is 2.29. The Hall–Kier alpha value is -1.42. The highest BCUT2D eigenvalue weighted by Crippen LogP contribution is 2.21. The van der Waals surface area contributed by atoms with Crippen molar-refractivity contribution in [3.05, 3.63) is 46.9 Å². The van der Waals surface area contributed by atoms with Gasteiger partial charge in [-0.3, -0.25) is 10.1 Å². The maximum Gasteiger partial charge on any atom is 0.269 e. The summed E-state index contributed by atoms with van der Waals surface area (Å²) >= 11 is 0. The van der Waals surface area contributed by atoms with Crippen molar-refractivity contribution in [1.29, 1.82) is 0 Å². The van der Waals surface area contributed by atoms with E-state index in [-0.39, 0.29) is 11.7 Å². The molecule has 0 aliphatic heterocycles. The van der Waals surface area contributed by atoms with Gasteiger partial charge in [0.05, 0.1) is 4.92 Å². The predicted molar refractivity (Wildman–Crippen MR) is 54.9 cm³/mol. The van der Waals surface area contributed by atoms with Gasteiger partial charge < -0.3 is 4.90 Å². The van der Waals surface area contributed by atoms with Crippen LogP contribution in [0.1, 0.15) is 11.6 Å². The van der Waals surface area contributed by atoms with Crippen LogP contribution in [-0.2, 0) is 0 Å². The van der Waals surface area contributed by atoms with Crippen LogP contribution in [0, 0.1) is 17.0 Å². The molecule has 0 saturated heterocycles. The summed E-state index contributed by atoms with van der Waals surface area (Å²) in [6.07, 6.45) is 0. The van der Waals surface area contributed by atoms with Gasteiger partial charge in [-0.1, -0.05) is 12.1 Å². The lowest BCUT2D eigenvalue weighted by Gasteiger charge is -2.19. The summed E-state index contributed by atoms with van der Waals surface area (Å²) in [5.41, 5.74) is 0.960. The molecule has 1 radical (unpaired) electrons. The number of nitro groups is 1. The summed E-state index contributed by atoms with van der Waals surface area (Å²) in [7, 11) is 3.77. The molecule has 0 N–H and O–H groups in total. The second-order valence-electron chi connectivity index (χ2n) is 3.33. The largest absolute Gasteiger partial charge is 0.302 e. The number of nitrogens with zero attached hydrogens (tertiary/aromatic N) is 2. The lowest BCUT2D eigenvalue weighted by atomic mass is 10.1. The van der Waals surface area contributed by atoms with E-state index in [1.807, 2.05) is 25.1 Å². The summed E-state index contributed by atoms with van der Waals surface area (Å²) in [6, 6.07) is 6.48. The third-order valence-electron chi connectivity index (χ3n) is 2.09. The van der Waals surface area contributed by atoms with Crippen LogP contribution >= 0.6 is 0 Å². The van der Waals surface area contributed by atoms with Gasteiger partial charge in [-0.2, -0.15) is 0 Å². The molecule has 75 valence electrons. The first-order valence-corrected chi connectivity index (χ1v) is 4.26. The molecule has 1 unspecified atom stereocenters. The molecule has 0 aliphatic rings. The normalized spacial score (nSPS) is 12.9. The molecule has 0 bridgehead atoms. The summed E-state index contributed by atoms with van der Waals surface area (Å²) in [5.74, 6) is 0. The van der Waals surface area contributed by atoms with Crippen LogP contribution in [-0.4, -0.2) is 23.9 Å². The Bertz CT molecular complexity index is 337. The first-order chi connectivity index (χ1) is 6.52. The zero-order valence-corrected chi connectivity index (χ0v) is 8.30. The van der Waals surface area contributed by atoms with Crippen LogP contribution in [0.4, 0.5) is 5.69 Å². The molecular formula is C10H13N2O2. The van der Waals surface area contributed by atoms with Crippen molar-refractivity contribution in [2.24, 2.45) is 0 Å². The molecule has 4 heteroatoms. The van der Waals surface area contributed by atoms with Crippen molar-refractivity contribution in [3.8, 4) is 0 Å². The fourth-order valence-electron chi connectivity index (χ4n) is 1.14. The molecule has 0 amide bonds. The fraction of sp³-hybridized carbons (Fsp3) is 0.300.